The van der Waals surface area contributed by atoms with Crippen LogP contribution in [0.4, 0.5) is 11.5 Å². The Morgan fingerprint density at radius 3 is 2.83 bits per heavy atom. The third-order valence-corrected chi connectivity index (χ3v) is 3.16. The van der Waals surface area contributed by atoms with Gasteiger partial charge in [0.1, 0.15) is 10.8 Å². The Morgan fingerprint density at radius 1 is 1.44 bits per heavy atom. The maximum Gasteiger partial charge on any atom is 0.252 e. The molecule has 2 aromatic heterocycles. The van der Waals surface area contributed by atoms with Crippen LogP contribution in [0, 0.1) is 6.92 Å². The number of amides is 1. The fourth-order valence-corrected chi connectivity index (χ4v) is 2.18. The van der Waals surface area contributed by atoms with Gasteiger partial charge in [0.15, 0.2) is 0 Å². The number of hydrogen-bond donors (Lipinski definition) is 3. The number of carbonyl (C=O) groups is 1. The summed E-state index contributed by atoms with van der Waals surface area (Å²) in [4.78, 5) is 20.7. The minimum absolute atomic E-state index is 0.281. The van der Waals surface area contributed by atoms with E-state index < -0.39 is 5.91 Å². The molecular weight excluding hydrogens is 250 g/mol. The normalized spacial score (nSPS) is 10.3. The lowest BCUT2D eigenvalue weighted by atomic mass is 10.2. The summed E-state index contributed by atoms with van der Waals surface area (Å²) in [7, 11) is 0. The van der Waals surface area contributed by atoms with E-state index in [0.29, 0.717) is 18.1 Å². The van der Waals surface area contributed by atoms with Gasteiger partial charge in [0.05, 0.1) is 24.0 Å². The summed E-state index contributed by atoms with van der Waals surface area (Å²) >= 11 is 1.58. The number of anilines is 2. The second kappa shape index (κ2) is 5.01. The third kappa shape index (κ3) is 2.75. The number of nitrogens with one attached hydrogen (secondary N) is 1. The maximum atomic E-state index is 11.3. The molecule has 7 heteroatoms. The molecule has 0 aliphatic rings. The first kappa shape index (κ1) is 12.3. The largest absolute Gasteiger partial charge is 0.397 e. The van der Waals surface area contributed by atoms with Gasteiger partial charge in [-0.2, -0.15) is 0 Å². The molecule has 2 rings (SSSR count). The zero-order valence-corrected chi connectivity index (χ0v) is 10.6. The highest BCUT2D eigenvalue weighted by Crippen LogP contribution is 2.17. The summed E-state index contributed by atoms with van der Waals surface area (Å²) < 4.78 is 0. The summed E-state index contributed by atoms with van der Waals surface area (Å²) in [5, 5.41) is 3.95. The van der Waals surface area contributed by atoms with Crippen molar-refractivity contribution in [3.63, 3.8) is 0 Å². The van der Waals surface area contributed by atoms with E-state index >= 15 is 0 Å². The molecule has 0 saturated heterocycles. The SMILES string of the molecule is Cc1cnc(CNc2ncc(N)cc2C(N)=O)s1. The van der Waals surface area contributed by atoms with Gasteiger partial charge in [0.2, 0.25) is 0 Å². The van der Waals surface area contributed by atoms with Gasteiger partial charge < -0.3 is 16.8 Å². The van der Waals surface area contributed by atoms with E-state index in [1.54, 1.807) is 17.5 Å². The summed E-state index contributed by atoms with van der Waals surface area (Å²) in [6.07, 6.45) is 3.27. The zero-order chi connectivity index (χ0) is 13.1. The van der Waals surface area contributed by atoms with E-state index in [9.17, 15) is 4.79 Å². The number of nitrogens with zero attached hydrogens (tertiary/aromatic N) is 2. The Bertz CT molecular complexity index is 581. The molecule has 0 aromatic carbocycles. The van der Waals surface area contributed by atoms with Gasteiger partial charge in [-0.3, -0.25) is 4.79 Å². The molecule has 0 unspecified atom stereocenters. The molecule has 0 aliphatic heterocycles. The highest BCUT2D eigenvalue weighted by atomic mass is 32.1. The topological polar surface area (TPSA) is 107 Å². The van der Waals surface area contributed by atoms with Crippen LogP contribution in [0.15, 0.2) is 18.5 Å². The summed E-state index contributed by atoms with van der Waals surface area (Å²) in [6, 6.07) is 1.50. The van der Waals surface area contributed by atoms with Crippen molar-refractivity contribution in [3.8, 4) is 0 Å². The first-order valence-electron chi connectivity index (χ1n) is 5.27. The molecule has 1 amide bonds. The van der Waals surface area contributed by atoms with E-state index in [1.807, 2.05) is 6.92 Å². The molecule has 2 aromatic rings. The van der Waals surface area contributed by atoms with E-state index in [-0.39, 0.29) is 5.56 Å². The molecular formula is C11H13N5OS. The van der Waals surface area contributed by atoms with Crippen molar-refractivity contribution < 1.29 is 4.79 Å². The van der Waals surface area contributed by atoms with Crippen molar-refractivity contribution in [2.75, 3.05) is 11.1 Å². The highest BCUT2D eigenvalue weighted by molar-refractivity contribution is 7.11. The van der Waals surface area contributed by atoms with Gasteiger partial charge in [-0.1, -0.05) is 0 Å². The Balaban J connectivity index is 2.16. The Hall–Kier alpha value is -2.15. The molecule has 0 atom stereocenters. The number of nitrogens with two attached hydrogens (primary N) is 2. The second-order valence-electron chi connectivity index (χ2n) is 3.75. The summed E-state index contributed by atoms with van der Waals surface area (Å²) in [6.45, 7) is 2.48. The molecule has 94 valence electrons. The first-order chi connectivity index (χ1) is 8.56. The Morgan fingerprint density at radius 2 is 2.22 bits per heavy atom. The van der Waals surface area contributed by atoms with Crippen molar-refractivity contribution in [1.82, 2.24) is 9.97 Å². The molecule has 0 spiro atoms. The summed E-state index contributed by atoms with van der Waals surface area (Å²) in [5.41, 5.74) is 11.5. The van der Waals surface area contributed by atoms with Gasteiger partial charge in [0.25, 0.3) is 5.91 Å². The number of rotatable bonds is 4. The Kier molecular flexibility index (Phi) is 3.42. The molecule has 2 heterocycles. The first-order valence-corrected chi connectivity index (χ1v) is 6.08. The predicted octanol–water partition coefficient (Wildman–Crippen LogP) is 1.14. The van der Waals surface area contributed by atoms with Crippen molar-refractivity contribution in [2.24, 2.45) is 5.73 Å². The van der Waals surface area contributed by atoms with Crippen molar-refractivity contribution in [2.45, 2.75) is 13.5 Å². The zero-order valence-electron chi connectivity index (χ0n) is 9.80. The fraction of sp³-hybridized carbons (Fsp3) is 0.182. The molecule has 5 N–H and O–H groups in total. The third-order valence-electron chi connectivity index (χ3n) is 2.25. The lowest BCUT2D eigenvalue weighted by molar-refractivity contribution is 0.100. The number of thiazole rings is 1. The van der Waals surface area contributed by atoms with Crippen molar-refractivity contribution in [1.29, 1.82) is 0 Å². The molecule has 6 nitrogen and oxygen atoms in total. The number of primary amides is 1. The van der Waals surface area contributed by atoms with Crippen molar-refractivity contribution in [3.05, 3.63) is 33.9 Å². The van der Waals surface area contributed by atoms with Crippen LogP contribution in [0.5, 0.6) is 0 Å². The number of hydrogen-bond acceptors (Lipinski definition) is 6. The average molecular weight is 263 g/mol. The summed E-state index contributed by atoms with van der Waals surface area (Å²) in [5.74, 6) is -0.142. The predicted molar refractivity (Wildman–Crippen MR) is 71.3 cm³/mol. The van der Waals surface area contributed by atoms with Gasteiger partial charge >= 0.3 is 0 Å². The van der Waals surface area contributed by atoms with Crippen LogP contribution in [0.2, 0.25) is 0 Å². The van der Waals surface area contributed by atoms with Gasteiger partial charge in [-0.25, -0.2) is 9.97 Å². The second-order valence-corrected chi connectivity index (χ2v) is 5.07. The number of aryl methyl sites for hydroxylation is 1. The van der Waals surface area contributed by atoms with Gasteiger partial charge in [-0.15, -0.1) is 11.3 Å². The molecule has 0 bridgehead atoms. The molecule has 0 aliphatic carbocycles. The average Bonchev–Trinajstić information content (AvgIpc) is 2.73. The van der Waals surface area contributed by atoms with Crippen LogP contribution in [-0.2, 0) is 6.54 Å². The lowest BCUT2D eigenvalue weighted by Crippen LogP contribution is -2.16. The standard InChI is InChI=1S/C11H13N5OS/c1-6-3-14-9(18-6)5-16-11-8(10(13)17)2-7(12)4-15-11/h2-4H,5,12H2,1H3,(H2,13,17)(H,15,16). The van der Waals surface area contributed by atoms with Crippen LogP contribution in [0.3, 0.4) is 0 Å². The monoisotopic (exact) mass is 263 g/mol. The molecule has 18 heavy (non-hydrogen) atoms. The number of aromatic nitrogens is 2. The Labute approximate surface area is 108 Å². The number of carbonyl (C=O) groups excluding carboxylic acids is 1. The van der Waals surface area contributed by atoms with Crippen LogP contribution < -0.4 is 16.8 Å². The van der Waals surface area contributed by atoms with E-state index in [2.05, 4.69) is 15.3 Å². The fourth-order valence-electron chi connectivity index (χ4n) is 1.45. The lowest BCUT2D eigenvalue weighted by Gasteiger charge is -2.08. The minimum atomic E-state index is -0.562. The van der Waals surface area contributed by atoms with E-state index in [1.165, 1.54) is 12.3 Å². The minimum Gasteiger partial charge on any atom is -0.397 e. The van der Waals surface area contributed by atoms with E-state index in [4.69, 9.17) is 11.5 Å². The smallest absolute Gasteiger partial charge is 0.252 e. The van der Waals surface area contributed by atoms with Crippen LogP contribution in [0.1, 0.15) is 20.2 Å². The maximum absolute atomic E-state index is 11.3. The molecule has 0 fully saturated rings. The van der Waals surface area contributed by atoms with E-state index in [0.717, 1.165) is 9.88 Å². The molecule has 0 saturated carbocycles. The highest BCUT2D eigenvalue weighted by Gasteiger charge is 2.10. The van der Waals surface area contributed by atoms with Crippen LogP contribution >= 0.6 is 11.3 Å². The van der Waals surface area contributed by atoms with Crippen LogP contribution in [0.25, 0.3) is 0 Å². The quantitative estimate of drug-likeness (QED) is 0.766. The number of pyridine rings is 1. The van der Waals surface area contributed by atoms with Gasteiger partial charge in [-0.05, 0) is 13.0 Å². The van der Waals surface area contributed by atoms with Crippen LogP contribution in [-0.4, -0.2) is 15.9 Å². The van der Waals surface area contributed by atoms with Gasteiger partial charge in [0, 0.05) is 11.1 Å². The number of nitrogen functional groups attached to an aromatic ring is 1. The molecule has 0 radical (unpaired) electrons. The van der Waals surface area contributed by atoms with Crippen molar-refractivity contribution >= 4 is 28.7 Å².